The molecule has 13 heteroatoms. The van der Waals surface area contributed by atoms with Gasteiger partial charge in [-0.2, -0.15) is 4.98 Å². The number of nitrogens with one attached hydrogen (secondary N) is 1. The SMILES string of the molecule is CC(C)c1noc(N2CCC(n3cc(F)c4c(Nc5ccc(C(=O)N6CC[C@@H](O)C6)cc5F)ncnc43)CC2)n1. The maximum Gasteiger partial charge on any atom is 0.324 e. The fourth-order valence-electron chi connectivity index (χ4n) is 5.32. The zero-order valence-electron chi connectivity index (χ0n) is 22.2. The van der Waals surface area contributed by atoms with Gasteiger partial charge in [-0.1, -0.05) is 19.0 Å². The summed E-state index contributed by atoms with van der Waals surface area (Å²) in [6.45, 7) is 5.98. The molecule has 2 fully saturated rings. The highest BCUT2D eigenvalue weighted by Gasteiger charge is 2.28. The van der Waals surface area contributed by atoms with Gasteiger partial charge in [-0.25, -0.2) is 18.7 Å². The first-order valence-electron chi connectivity index (χ1n) is 13.4. The molecule has 2 N–H and O–H groups in total. The largest absolute Gasteiger partial charge is 0.391 e. The van der Waals surface area contributed by atoms with Gasteiger partial charge in [0, 0.05) is 49.9 Å². The fraction of sp³-hybridized carbons (Fsp3) is 0.444. The van der Waals surface area contributed by atoms with Crippen LogP contribution in [0.15, 0.2) is 35.2 Å². The van der Waals surface area contributed by atoms with Crippen LogP contribution in [0, 0.1) is 11.6 Å². The van der Waals surface area contributed by atoms with Crippen molar-refractivity contribution in [3.05, 3.63) is 53.7 Å². The van der Waals surface area contributed by atoms with Crippen LogP contribution in [0.5, 0.6) is 0 Å². The van der Waals surface area contributed by atoms with Crippen LogP contribution in [0.25, 0.3) is 11.0 Å². The number of hydrogen-bond acceptors (Lipinski definition) is 9. The normalized spacial score (nSPS) is 18.3. The monoisotopic (exact) mass is 552 g/mol. The average Bonchev–Trinajstić information content (AvgIpc) is 3.69. The summed E-state index contributed by atoms with van der Waals surface area (Å²) < 4.78 is 37.5. The van der Waals surface area contributed by atoms with Gasteiger partial charge in [-0.05, 0) is 37.5 Å². The molecule has 2 aliphatic heterocycles. The number of aliphatic hydroxyl groups is 1. The van der Waals surface area contributed by atoms with Gasteiger partial charge in [0.1, 0.15) is 23.6 Å². The van der Waals surface area contributed by atoms with E-state index in [9.17, 15) is 9.90 Å². The van der Waals surface area contributed by atoms with Crippen molar-refractivity contribution in [1.29, 1.82) is 0 Å². The van der Waals surface area contributed by atoms with Crippen molar-refractivity contribution in [3.8, 4) is 0 Å². The minimum Gasteiger partial charge on any atom is -0.391 e. The lowest BCUT2D eigenvalue weighted by Gasteiger charge is -2.31. The van der Waals surface area contributed by atoms with Crippen LogP contribution in [-0.2, 0) is 0 Å². The topological polar surface area (TPSA) is 125 Å². The second-order valence-electron chi connectivity index (χ2n) is 10.6. The Morgan fingerprint density at radius 3 is 2.60 bits per heavy atom. The van der Waals surface area contributed by atoms with E-state index < -0.39 is 17.7 Å². The van der Waals surface area contributed by atoms with E-state index in [-0.39, 0.29) is 46.9 Å². The zero-order chi connectivity index (χ0) is 28.0. The second kappa shape index (κ2) is 10.5. The Labute approximate surface area is 228 Å². The number of benzene rings is 1. The molecule has 11 nitrogen and oxygen atoms in total. The number of carbonyl (C=O) groups excluding carboxylic acids is 1. The van der Waals surface area contributed by atoms with Crippen LogP contribution in [0.1, 0.15) is 61.3 Å². The van der Waals surface area contributed by atoms with Crippen LogP contribution in [-0.4, -0.2) is 72.9 Å². The molecule has 1 aromatic carbocycles. The molecule has 2 aliphatic rings. The number of rotatable bonds is 6. The molecule has 1 amide bonds. The van der Waals surface area contributed by atoms with Crippen molar-refractivity contribution in [3.63, 3.8) is 0 Å². The molecule has 5 heterocycles. The Balaban J connectivity index is 1.19. The number of likely N-dealkylation sites (tertiary alicyclic amines) is 1. The van der Waals surface area contributed by atoms with E-state index in [2.05, 4.69) is 25.4 Å². The van der Waals surface area contributed by atoms with Crippen molar-refractivity contribution < 1.29 is 23.2 Å². The summed E-state index contributed by atoms with van der Waals surface area (Å²) in [7, 11) is 0. The van der Waals surface area contributed by atoms with Crippen LogP contribution in [0.4, 0.5) is 26.3 Å². The van der Waals surface area contributed by atoms with Crippen LogP contribution in [0.3, 0.4) is 0 Å². The maximum atomic E-state index is 15.3. The number of halogens is 2. The smallest absolute Gasteiger partial charge is 0.324 e. The van der Waals surface area contributed by atoms with E-state index in [1.807, 2.05) is 23.3 Å². The number of amides is 1. The summed E-state index contributed by atoms with van der Waals surface area (Å²) in [4.78, 5) is 29.2. The number of aliphatic hydroxyl groups excluding tert-OH is 1. The molecule has 1 atom stereocenters. The summed E-state index contributed by atoms with van der Waals surface area (Å²) >= 11 is 0. The first kappa shape index (κ1) is 26.1. The molecular weight excluding hydrogens is 522 g/mol. The number of β-amino-alcohol motifs (C(OH)–C–C–N with tert-alkyl or cyclic N) is 1. The van der Waals surface area contributed by atoms with Crippen molar-refractivity contribution in [2.75, 3.05) is 36.4 Å². The van der Waals surface area contributed by atoms with Gasteiger partial charge < -0.3 is 29.3 Å². The molecule has 40 heavy (non-hydrogen) atoms. The third-order valence-corrected chi connectivity index (χ3v) is 7.56. The van der Waals surface area contributed by atoms with Gasteiger partial charge in [-0.15, -0.1) is 0 Å². The summed E-state index contributed by atoms with van der Waals surface area (Å²) in [6.07, 6.45) is 4.10. The van der Waals surface area contributed by atoms with E-state index in [0.29, 0.717) is 56.4 Å². The van der Waals surface area contributed by atoms with Gasteiger partial charge in [0.05, 0.1) is 17.2 Å². The van der Waals surface area contributed by atoms with E-state index >= 15 is 8.78 Å². The Hall–Kier alpha value is -4.13. The number of piperidine rings is 1. The predicted octanol–water partition coefficient (Wildman–Crippen LogP) is 4.01. The van der Waals surface area contributed by atoms with Crippen LogP contribution >= 0.6 is 0 Å². The molecular formula is C27H30F2N8O3. The lowest BCUT2D eigenvalue weighted by molar-refractivity contribution is 0.0764. The Morgan fingerprint density at radius 1 is 1.12 bits per heavy atom. The van der Waals surface area contributed by atoms with Gasteiger partial charge >= 0.3 is 6.01 Å². The molecule has 3 aromatic heterocycles. The lowest BCUT2D eigenvalue weighted by Crippen LogP contribution is -2.34. The second-order valence-corrected chi connectivity index (χ2v) is 10.6. The third kappa shape index (κ3) is 4.85. The van der Waals surface area contributed by atoms with Crippen molar-refractivity contribution in [2.24, 2.45) is 0 Å². The first-order chi connectivity index (χ1) is 19.3. The lowest BCUT2D eigenvalue weighted by atomic mass is 10.1. The fourth-order valence-corrected chi connectivity index (χ4v) is 5.32. The molecule has 6 rings (SSSR count). The van der Waals surface area contributed by atoms with Crippen molar-refractivity contribution >= 4 is 34.5 Å². The van der Waals surface area contributed by atoms with E-state index in [4.69, 9.17) is 4.52 Å². The van der Waals surface area contributed by atoms with Gasteiger partial charge in [0.2, 0.25) is 0 Å². The maximum absolute atomic E-state index is 15.3. The van der Waals surface area contributed by atoms with Crippen LogP contribution < -0.4 is 10.2 Å². The minimum absolute atomic E-state index is 0.00960. The third-order valence-electron chi connectivity index (χ3n) is 7.56. The number of carbonyl (C=O) groups is 1. The predicted molar refractivity (Wildman–Crippen MR) is 143 cm³/mol. The van der Waals surface area contributed by atoms with Crippen molar-refractivity contribution in [2.45, 2.75) is 51.2 Å². The number of aromatic nitrogens is 5. The quantitative estimate of drug-likeness (QED) is 0.365. The van der Waals surface area contributed by atoms with Crippen LogP contribution in [0.2, 0.25) is 0 Å². The highest BCUT2D eigenvalue weighted by Crippen LogP contribution is 2.34. The first-order valence-corrected chi connectivity index (χ1v) is 13.4. The number of anilines is 3. The van der Waals surface area contributed by atoms with Gasteiger partial charge in [0.15, 0.2) is 11.6 Å². The van der Waals surface area contributed by atoms with E-state index in [1.165, 1.54) is 29.6 Å². The van der Waals surface area contributed by atoms with E-state index in [0.717, 1.165) is 6.07 Å². The molecule has 210 valence electrons. The van der Waals surface area contributed by atoms with Crippen molar-refractivity contribution in [1.82, 2.24) is 29.6 Å². The van der Waals surface area contributed by atoms with Gasteiger partial charge in [-0.3, -0.25) is 4.79 Å². The summed E-state index contributed by atoms with van der Waals surface area (Å²) in [5.74, 6) is -0.571. The molecule has 0 spiro atoms. The molecule has 2 saturated heterocycles. The zero-order valence-corrected chi connectivity index (χ0v) is 22.2. The molecule has 4 aromatic rings. The number of fused-ring (bicyclic) bond motifs is 1. The molecule has 0 radical (unpaired) electrons. The number of hydrogen-bond donors (Lipinski definition) is 2. The van der Waals surface area contributed by atoms with Gasteiger partial charge in [0.25, 0.3) is 5.91 Å². The molecule has 0 bridgehead atoms. The highest BCUT2D eigenvalue weighted by molar-refractivity contribution is 5.95. The molecule has 0 aliphatic carbocycles. The Kier molecular flexibility index (Phi) is 6.82. The molecule has 0 saturated carbocycles. The summed E-state index contributed by atoms with van der Waals surface area (Å²) in [5.41, 5.74) is 0.640. The molecule has 0 unspecified atom stereocenters. The number of nitrogens with zero attached hydrogens (tertiary/aromatic N) is 7. The average molecular weight is 553 g/mol. The Morgan fingerprint density at radius 2 is 1.93 bits per heavy atom. The standard InChI is InChI=1S/C27H30F2N8O3/c1-15(2)23-33-27(40-34-23)35-8-5-17(6-9-35)37-13-20(29)22-24(30-14-31-25(22)37)32-21-4-3-16(11-19(21)28)26(39)36-10-7-18(38)12-36/h3-4,11,13-15,17-18,38H,5-10,12H2,1-2H3,(H,30,31,32)/t18-/m1/s1. The Bertz CT molecular complexity index is 1550. The highest BCUT2D eigenvalue weighted by atomic mass is 19.1. The minimum atomic E-state index is -0.675. The summed E-state index contributed by atoms with van der Waals surface area (Å²) in [5, 5.41) is 16.8. The van der Waals surface area contributed by atoms with E-state index in [1.54, 1.807) is 0 Å². The summed E-state index contributed by atoms with van der Waals surface area (Å²) in [6, 6.07) is 4.54.